The van der Waals surface area contributed by atoms with Gasteiger partial charge in [-0.05, 0) is 47.8 Å². The van der Waals surface area contributed by atoms with E-state index in [1.807, 2.05) is 28.9 Å². The summed E-state index contributed by atoms with van der Waals surface area (Å²) in [6.07, 6.45) is 4.92. The number of fused-ring (bicyclic) bond motifs is 1. The quantitative estimate of drug-likeness (QED) is 0.786. The minimum atomic E-state index is -3.16. The van der Waals surface area contributed by atoms with Gasteiger partial charge in [0, 0.05) is 35.9 Å². The van der Waals surface area contributed by atoms with Crippen LogP contribution in [0.5, 0.6) is 0 Å². The van der Waals surface area contributed by atoms with Gasteiger partial charge < -0.3 is 9.72 Å². The summed E-state index contributed by atoms with van der Waals surface area (Å²) in [5, 5.41) is 2.92. The van der Waals surface area contributed by atoms with Crippen LogP contribution in [0, 0.1) is 5.92 Å². The molecule has 0 unspecified atom stereocenters. The highest BCUT2D eigenvalue weighted by Crippen LogP contribution is 2.20. The highest BCUT2D eigenvalue weighted by molar-refractivity contribution is 9.10. The van der Waals surface area contributed by atoms with Crippen molar-refractivity contribution in [3.8, 4) is 0 Å². The van der Waals surface area contributed by atoms with Gasteiger partial charge in [0.2, 0.25) is 15.9 Å². The summed E-state index contributed by atoms with van der Waals surface area (Å²) in [4.78, 5) is 16.8. The van der Waals surface area contributed by atoms with Gasteiger partial charge in [0.25, 0.3) is 0 Å². The Kier molecular flexibility index (Phi) is 5.45. The molecule has 1 N–H and O–H groups in total. The van der Waals surface area contributed by atoms with E-state index in [2.05, 4.69) is 26.2 Å². The molecule has 2 aromatic heterocycles. The number of nitrogens with one attached hydrogen (secondary N) is 1. The zero-order chi connectivity index (χ0) is 18.0. The molecular formula is C16H21BrN4O3S. The molecule has 1 aliphatic rings. The summed E-state index contributed by atoms with van der Waals surface area (Å²) in [7, 11) is -3.16. The molecule has 0 aliphatic carbocycles. The molecule has 0 spiro atoms. The van der Waals surface area contributed by atoms with Gasteiger partial charge in [-0.25, -0.2) is 17.7 Å². The summed E-state index contributed by atoms with van der Waals surface area (Å²) in [5.74, 6) is -0.0744. The van der Waals surface area contributed by atoms with E-state index in [1.54, 1.807) is 6.92 Å². The highest BCUT2D eigenvalue weighted by atomic mass is 79.9. The SMILES string of the molecule is CCS(=O)(=O)N1CCC(C(=O)NCc2cn3cc(Br)ccc3n2)CC1. The Bertz CT molecular complexity index is 873. The van der Waals surface area contributed by atoms with Crippen molar-refractivity contribution < 1.29 is 13.2 Å². The van der Waals surface area contributed by atoms with Crippen LogP contribution in [0.3, 0.4) is 0 Å². The zero-order valence-electron chi connectivity index (χ0n) is 14.0. The average Bonchev–Trinajstić information content (AvgIpc) is 3.01. The number of pyridine rings is 1. The molecule has 136 valence electrons. The number of amides is 1. The molecule has 1 saturated heterocycles. The topological polar surface area (TPSA) is 83.8 Å². The number of rotatable bonds is 5. The molecule has 0 aromatic carbocycles. The molecule has 3 rings (SSSR count). The fourth-order valence-electron chi connectivity index (χ4n) is 3.00. The number of aromatic nitrogens is 2. The molecule has 1 aliphatic heterocycles. The number of nitrogens with zero attached hydrogens (tertiary/aromatic N) is 3. The first-order chi connectivity index (χ1) is 11.9. The summed E-state index contributed by atoms with van der Waals surface area (Å²) in [6.45, 7) is 2.83. The molecule has 7 nitrogen and oxygen atoms in total. The lowest BCUT2D eigenvalue weighted by Crippen LogP contribution is -2.43. The van der Waals surface area contributed by atoms with Crippen LogP contribution in [0.4, 0.5) is 0 Å². The second-order valence-corrected chi connectivity index (χ2v) is 9.31. The van der Waals surface area contributed by atoms with Crippen LogP contribution < -0.4 is 5.32 Å². The van der Waals surface area contributed by atoms with Gasteiger partial charge in [-0.3, -0.25) is 4.79 Å². The third kappa shape index (κ3) is 4.21. The first-order valence-electron chi connectivity index (χ1n) is 8.27. The molecular weight excluding hydrogens is 408 g/mol. The smallest absolute Gasteiger partial charge is 0.223 e. The van der Waals surface area contributed by atoms with Crippen LogP contribution in [0.1, 0.15) is 25.5 Å². The Morgan fingerprint density at radius 3 is 2.72 bits per heavy atom. The molecule has 2 aromatic rings. The maximum absolute atomic E-state index is 12.3. The van der Waals surface area contributed by atoms with E-state index in [0.717, 1.165) is 15.8 Å². The molecule has 0 bridgehead atoms. The maximum atomic E-state index is 12.3. The van der Waals surface area contributed by atoms with Gasteiger partial charge in [-0.1, -0.05) is 0 Å². The number of halogens is 1. The van der Waals surface area contributed by atoms with Crippen LogP contribution >= 0.6 is 15.9 Å². The normalized spacial score (nSPS) is 17.0. The summed E-state index contributed by atoms with van der Waals surface area (Å²) in [6, 6.07) is 3.82. The fourth-order valence-corrected chi connectivity index (χ4v) is 4.49. The van der Waals surface area contributed by atoms with E-state index in [1.165, 1.54) is 4.31 Å². The minimum absolute atomic E-state index is 0.0354. The van der Waals surface area contributed by atoms with Gasteiger partial charge >= 0.3 is 0 Å². The van der Waals surface area contributed by atoms with Crippen LogP contribution in [0.25, 0.3) is 5.65 Å². The van der Waals surface area contributed by atoms with Crippen molar-refractivity contribution >= 4 is 37.5 Å². The van der Waals surface area contributed by atoms with Crippen molar-refractivity contribution in [1.82, 2.24) is 19.0 Å². The van der Waals surface area contributed by atoms with Crippen molar-refractivity contribution in [3.05, 3.63) is 34.7 Å². The van der Waals surface area contributed by atoms with E-state index in [9.17, 15) is 13.2 Å². The lowest BCUT2D eigenvalue weighted by molar-refractivity contribution is -0.126. The molecule has 0 saturated carbocycles. The van der Waals surface area contributed by atoms with Gasteiger partial charge in [-0.15, -0.1) is 0 Å². The van der Waals surface area contributed by atoms with Crippen molar-refractivity contribution in [2.24, 2.45) is 5.92 Å². The van der Waals surface area contributed by atoms with Crippen LogP contribution in [0.2, 0.25) is 0 Å². The number of carbonyl (C=O) groups excluding carboxylic acids is 1. The molecule has 0 atom stereocenters. The monoisotopic (exact) mass is 428 g/mol. The predicted octanol–water partition coefficient (Wildman–Crippen LogP) is 1.77. The van der Waals surface area contributed by atoms with Crippen molar-refractivity contribution in [2.45, 2.75) is 26.3 Å². The lowest BCUT2D eigenvalue weighted by atomic mass is 9.97. The van der Waals surface area contributed by atoms with Gasteiger partial charge in [0.15, 0.2) is 0 Å². The van der Waals surface area contributed by atoms with E-state index < -0.39 is 10.0 Å². The van der Waals surface area contributed by atoms with E-state index in [0.29, 0.717) is 32.5 Å². The average molecular weight is 429 g/mol. The Balaban J connectivity index is 1.54. The van der Waals surface area contributed by atoms with E-state index >= 15 is 0 Å². The predicted molar refractivity (Wildman–Crippen MR) is 98.5 cm³/mol. The largest absolute Gasteiger partial charge is 0.350 e. The number of hydrogen-bond donors (Lipinski definition) is 1. The van der Waals surface area contributed by atoms with E-state index in [4.69, 9.17) is 0 Å². The Labute approximate surface area is 155 Å². The van der Waals surface area contributed by atoms with Crippen LogP contribution in [0.15, 0.2) is 29.0 Å². The van der Waals surface area contributed by atoms with Crippen molar-refractivity contribution in [2.75, 3.05) is 18.8 Å². The molecule has 9 heteroatoms. The van der Waals surface area contributed by atoms with Crippen molar-refractivity contribution in [3.63, 3.8) is 0 Å². The van der Waals surface area contributed by atoms with Crippen molar-refractivity contribution in [1.29, 1.82) is 0 Å². The molecule has 1 fully saturated rings. The zero-order valence-corrected chi connectivity index (χ0v) is 16.4. The third-order valence-electron chi connectivity index (χ3n) is 4.49. The molecule has 3 heterocycles. The summed E-state index contributed by atoms with van der Waals surface area (Å²) < 4.78 is 28.1. The number of sulfonamides is 1. The molecule has 25 heavy (non-hydrogen) atoms. The Morgan fingerprint density at radius 2 is 2.04 bits per heavy atom. The summed E-state index contributed by atoms with van der Waals surface area (Å²) in [5.41, 5.74) is 1.61. The van der Waals surface area contributed by atoms with E-state index in [-0.39, 0.29) is 17.6 Å². The lowest BCUT2D eigenvalue weighted by Gasteiger charge is -2.30. The Hall–Kier alpha value is -1.45. The second-order valence-electron chi connectivity index (χ2n) is 6.14. The maximum Gasteiger partial charge on any atom is 0.223 e. The van der Waals surface area contributed by atoms with Gasteiger partial charge in [0.05, 0.1) is 18.0 Å². The van der Waals surface area contributed by atoms with Crippen LogP contribution in [-0.2, 0) is 21.4 Å². The fraction of sp³-hybridized carbons (Fsp3) is 0.500. The standard InChI is InChI=1S/C16H21BrN4O3S/c1-2-25(23,24)21-7-5-12(6-8-21)16(22)18-9-14-11-20-10-13(17)3-4-15(20)19-14/h3-4,10-12H,2,5-9H2,1H3,(H,18,22). The Morgan fingerprint density at radius 1 is 1.32 bits per heavy atom. The molecule has 0 radical (unpaired) electrons. The number of imidazole rings is 1. The highest BCUT2D eigenvalue weighted by Gasteiger charge is 2.30. The first-order valence-corrected chi connectivity index (χ1v) is 10.7. The van der Waals surface area contributed by atoms with Gasteiger partial charge in [-0.2, -0.15) is 0 Å². The van der Waals surface area contributed by atoms with Crippen LogP contribution in [-0.4, -0.2) is 46.9 Å². The second kappa shape index (κ2) is 7.43. The number of piperidine rings is 1. The number of carbonyl (C=O) groups is 1. The first kappa shape index (κ1) is 18.3. The minimum Gasteiger partial charge on any atom is -0.350 e. The van der Waals surface area contributed by atoms with Gasteiger partial charge in [0.1, 0.15) is 5.65 Å². The molecule has 1 amide bonds. The number of hydrogen-bond acceptors (Lipinski definition) is 4. The summed E-state index contributed by atoms with van der Waals surface area (Å²) >= 11 is 3.41. The third-order valence-corrected chi connectivity index (χ3v) is 6.84.